The normalized spacial score (nSPS) is 13.2. The first-order chi connectivity index (χ1) is 8.54. The van der Waals surface area contributed by atoms with Crippen LogP contribution in [0, 0.1) is 0 Å². The van der Waals surface area contributed by atoms with Gasteiger partial charge in [0.25, 0.3) is 0 Å². The van der Waals surface area contributed by atoms with E-state index in [1.165, 1.54) is 6.07 Å². The maximum absolute atomic E-state index is 12.1. The molecule has 0 aliphatic rings. The van der Waals surface area contributed by atoms with Crippen LogP contribution in [-0.4, -0.2) is 38.4 Å². The molecule has 1 unspecified atom stereocenters. The third kappa shape index (κ3) is 3.41. The van der Waals surface area contributed by atoms with E-state index >= 15 is 0 Å². The third-order valence-corrected chi connectivity index (χ3v) is 4.07. The Morgan fingerprint density at radius 3 is 2.79 bits per heavy atom. The zero-order valence-corrected chi connectivity index (χ0v) is 12.1. The van der Waals surface area contributed by atoms with Crippen LogP contribution in [0.1, 0.15) is 6.92 Å². The standard InChI is InChI=1S/C10H14N4O3S.ClH/c1-7(11-2)6-12-18(15,16)9-5-3-4-8-10(9)14-17-13-8;/h3-5,7,11-12H,6H2,1-2H3;1H. The maximum Gasteiger partial charge on any atom is 0.242 e. The molecule has 2 N–H and O–H groups in total. The van der Waals surface area contributed by atoms with E-state index < -0.39 is 10.0 Å². The van der Waals surface area contributed by atoms with E-state index in [2.05, 4.69) is 25.0 Å². The lowest BCUT2D eigenvalue weighted by molar-refractivity contribution is 0.315. The summed E-state index contributed by atoms with van der Waals surface area (Å²) in [5.74, 6) is 0. The molecule has 0 aliphatic heterocycles. The van der Waals surface area contributed by atoms with E-state index in [1.807, 2.05) is 6.92 Å². The van der Waals surface area contributed by atoms with Crippen molar-refractivity contribution in [3.8, 4) is 0 Å². The van der Waals surface area contributed by atoms with Gasteiger partial charge in [-0.1, -0.05) is 6.07 Å². The van der Waals surface area contributed by atoms with Crippen LogP contribution in [-0.2, 0) is 10.0 Å². The van der Waals surface area contributed by atoms with Crippen molar-refractivity contribution >= 4 is 33.5 Å². The van der Waals surface area contributed by atoms with Crippen molar-refractivity contribution in [3.05, 3.63) is 18.2 Å². The van der Waals surface area contributed by atoms with E-state index in [9.17, 15) is 8.42 Å². The smallest absolute Gasteiger partial charge is 0.242 e. The first-order valence-corrected chi connectivity index (χ1v) is 6.91. The number of benzene rings is 1. The van der Waals surface area contributed by atoms with Crippen molar-refractivity contribution in [3.63, 3.8) is 0 Å². The number of nitrogens with zero attached hydrogens (tertiary/aromatic N) is 2. The maximum atomic E-state index is 12.1. The molecule has 0 aliphatic carbocycles. The van der Waals surface area contributed by atoms with Gasteiger partial charge in [-0.2, -0.15) is 0 Å². The van der Waals surface area contributed by atoms with Gasteiger partial charge in [0.1, 0.15) is 10.4 Å². The van der Waals surface area contributed by atoms with E-state index in [1.54, 1.807) is 19.2 Å². The Labute approximate surface area is 117 Å². The fourth-order valence-corrected chi connectivity index (χ4v) is 2.69. The minimum Gasteiger partial charge on any atom is -0.316 e. The lowest BCUT2D eigenvalue weighted by Crippen LogP contribution is -2.37. The summed E-state index contributed by atoms with van der Waals surface area (Å²) in [6.45, 7) is 2.17. The van der Waals surface area contributed by atoms with E-state index in [0.29, 0.717) is 12.1 Å². The van der Waals surface area contributed by atoms with Gasteiger partial charge in [-0.25, -0.2) is 17.8 Å². The molecular formula is C10H15ClN4O3S. The van der Waals surface area contributed by atoms with Gasteiger partial charge in [0, 0.05) is 12.6 Å². The number of fused-ring (bicyclic) bond motifs is 1. The Bertz CT molecular complexity index is 643. The van der Waals surface area contributed by atoms with E-state index in [-0.39, 0.29) is 28.9 Å². The molecule has 1 atom stereocenters. The summed E-state index contributed by atoms with van der Waals surface area (Å²) in [7, 11) is -1.85. The van der Waals surface area contributed by atoms with Gasteiger partial charge in [-0.05, 0) is 36.4 Å². The second-order valence-electron chi connectivity index (χ2n) is 3.93. The Kier molecular flexibility index (Phi) is 5.24. The highest BCUT2D eigenvalue weighted by atomic mass is 35.5. The summed E-state index contributed by atoms with van der Waals surface area (Å²) in [5, 5.41) is 10.2. The average Bonchev–Trinajstić information content (AvgIpc) is 2.83. The van der Waals surface area contributed by atoms with E-state index in [4.69, 9.17) is 0 Å². The summed E-state index contributed by atoms with van der Waals surface area (Å²) < 4.78 is 31.3. The fraction of sp³-hybridized carbons (Fsp3) is 0.400. The van der Waals surface area contributed by atoms with Crippen LogP contribution >= 0.6 is 12.4 Å². The number of likely N-dealkylation sites (N-methyl/N-ethyl adjacent to an activating group) is 1. The molecule has 2 rings (SSSR count). The van der Waals surface area contributed by atoms with Crippen LogP contribution in [0.5, 0.6) is 0 Å². The first kappa shape index (κ1) is 15.8. The summed E-state index contributed by atoms with van der Waals surface area (Å²) in [6, 6.07) is 4.75. The molecule has 0 radical (unpaired) electrons. The number of nitrogens with one attached hydrogen (secondary N) is 2. The summed E-state index contributed by atoms with van der Waals surface area (Å²) >= 11 is 0. The van der Waals surface area contributed by atoms with Crippen LogP contribution in [0.25, 0.3) is 11.0 Å². The highest BCUT2D eigenvalue weighted by Crippen LogP contribution is 2.19. The Morgan fingerprint density at radius 2 is 2.11 bits per heavy atom. The Balaban J connectivity index is 0.00000180. The molecule has 7 nitrogen and oxygen atoms in total. The number of aromatic nitrogens is 2. The fourth-order valence-electron chi connectivity index (χ4n) is 1.41. The second kappa shape index (κ2) is 6.29. The molecule has 0 spiro atoms. The molecule has 1 aromatic heterocycles. The first-order valence-electron chi connectivity index (χ1n) is 5.43. The molecule has 9 heteroatoms. The molecule has 19 heavy (non-hydrogen) atoms. The van der Waals surface area contributed by atoms with Gasteiger partial charge < -0.3 is 5.32 Å². The summed E-state index contributed by atoms with van der Waals surface area (Å²) in [5.41, 5.74) is 0.654. The molecule has 2 aromatic rings. The molecule has 0 bridgehead atoms. The molecule has 1 heterocycles. The number of hydrogen-bond donors (Lipinski definition) is 2. The van der Waals surface area contributed by atoms with Crippen molar-refractivity contribution < 1.29 is 13.0 Å². The monoisotopic (exact) mass is 306 g/mol. The van der Waals surface area contributed by atoms with Crippen molar-refractivity contribution in [1.29, 1.82) is 0 Å². The lowest BCUT2D eigenvalue weighted by atomic mass is 10.3. The van der Waals surface area contributed by atoms with Crippen molar-refractivity contribution in [1.82, 2.24) is 20.4 Å². The van der Waals surface area contributed by atoms with Crippen molar-refractivity contribution in [2.24, 2.45) is 0 Å². The summed E-state index contributed by atoms with van der Waals surface area (Å²) in [6.07, 6.45) is 0. The minimum atomic E-state index is -3.61. The Hall–Kier alpha value is -1.22. The molecule has 0 amide bonds. The number of rotatable bonds is 5. The quantitative estimate of drug-likeness (QED) is 0.836. The molecule has 0 saturated carbocycles. The Morgan fingerprint density at radius 1 is 1.37 bits per heavy atom. The molecule has 0 saturated heterocycles. The van der Waals surface area contributed by atoms with Crippen LogP contribution in [0.4, 0.5) is 0 Å². The van der Waals surface area contributed by atoms with Gasteiger partial charge in [0.15, 0.2) is 5.52 Å². The third-order valence-electron chi connectivity index (χ3n) is 2.61. The largest absolute Gasteiger partial charge is 0.316 e. The number of hydrogen-bond acceptors (Lipinski definition) is 6. The van der Waals surface area contributed by atoms with Gasteiger partial charge >= 0.3 is 0 Å². The highest BCUT2D eigenvalue weighted by Gasteiger charge is 2.20. The SMILES string of the molecule is CNC(C)CNS(=O)(=O)c1cccc2nonc12.Cl. The van der Waals surface area contributed by atoms with Crippen LogP contribution in [0.2, 0.25) is 0 Å². The summed E-state index contributed by atoms with van der Waals surface area (Å²) in [4.78, 5) is 0.0737. The predicted octanol–water partition coefficient (Wildman–Crippen LogP) is 0.531. The number of sulfonamides is 1. The lowest BCUT2D eigenvalue weighted by Gasteiger charge is -2.11. The average molecular weight is 307 g/mol. The molecule has 1 aromatic carbocycles. The van der Waals surface area contributed by atoms with Gasteiger partial charge in [0.05, 0.1) is 0 Å². The highest BCUT2D eigenvalue weighted by molar-refractivity contribution is 7.89. The van der Waals surface area contributed by atoms with E-state index in [0.717, 1.165) is 0 Å². The van der Waals surface area contributed by atoms with Crippen LogP contribution in [0.15, 0.2) is 27.7 Å². The predicted molar refractivity (Wildman–Crippen MR) is 72.8 cm³/mol. The van der Waals surface area contributed by atoms with Crippen LogP contribution in [0.3, 0.4) is 0 Å². The van der Waals surface area contributed by atoms with Crippen LogP contribution < -0.4 is 10.0 Å². The molecule has 106 valence electrons. The molecule has 0 fully saturated rings. The number of halogens is 1. The second-order valence-corrected chi connectivity index (χ2v) is 5.67. The van der Waals surface area contributed by atoms with Crippen molar-refractivity contribution in [2.45, 2.75) is 17.9 Å². The minimum absolute atomic E-state index is 0. The van der Waals surface area contributed by atoms with Gasteiger partial charge in [-0.3, -0.25) is 0 Å². The van der Waals surface area contributed by atoms with Crippen molar-refractivity contribution in [2.75, 3.05) is 13.6 Å². The van der Waals surface area contributed by atoms with Gasteiger partial charge in [0.2, 0.25) is 10.0 Å². The zero-order valence-electron chi connectivity index (χ0n) is 10.5. The van der Waals surface area contributed by atoms with Gasteiger partial charge in [-0.15, -0.1) is 12.4 Å². The molecular weight excluding hydrogens is 292 g/mol. The topological polar surface area (TPSA) is 97.1 Å². The zero-order chi connectivity index (χ0) is 13.2.